The van der Waals surface area contributed by atoms with Crippen LogP contribution in [0.4, 0.5) is 22.9 Å². The van der Waals surface area contributed by atoms with Gasteiger partial charge in [-0.15, -0.1) is 11.3 Å². The van der Waals surface area contributed by atoms with E-state index >= 15 is 0 Å². The third kappa shape index (κ3) is 7.35. The third-order valence-corrected chi connectivity index (χ3v) is 11.0. The van der Waals surface area contributed by atoms with Crippen molar-refractivity contribution in [2.24, 2.45) is 7.05 Å². The first-order valence-electron chi connectivity index (χ1n) is 15.7. The first-order chi connectivity index (χ1) is 22.0. The number of aryl methyl sites for hydroxylation is 3. The third-order valence-electron chi connectivity index (χ3n) is 8.82. The molecule has 0 radical (unpaired) electrons. The van der Waals surface area contributed by atoms with Gasteiger partial charge in [-0.25, -0.2) is 13.4 Å². The summed E-state index contributed by atoms with van der Waals surface area (Å²) < 4.78 is 24.6. The molecule has 46 heavy (non-hydrogen) atoms. The summed E-state index contributed by atoms with van der Waals surface area (Å²) in [5, 5.41) is 6.33. The maximum atomic E-state index is 13.2. The summed E-state index contributed by atoms with van der Waals surface area (Å²) in [4.78, 5) is 37.4. The van der Waals surface area contributed by atoms with Gasteiger partial charge < -0.3 is 20.1 Å². The van der Waals surface area contributed by atoms with Gasteiger partial charge in [-0.2, -0.15) is 0 Å². The second-order valence-electron chi connectivity index (χ2n) is 12.2. The summed E-state index contributed by atoms with van der Waals surface area (Å²) in [5.74, 6) is 0.640. The fourth-order valence-electron chi connectivity index (χ4n) is 6.13. The molecule has 10 nitrogen and oxygen atoms in total. The van der Waals surface area contributed by atoms with Gasteiger partial charge in [0.05, 0.1) is 22.5 Å². The number of anilines is 4. The molecule has 2 aliphatic rings. The standard InChI is InChI=1S/C34H40N6O4S2/c1-23-27(8-6-9-28(23)37-33(41)31-20-24-7-4-5-10-30(24)45-31)25-19-29(34(42)38(2)22-25)36-32-12-11-26(21-35-32)40-15-13-39(14-16-40)17-18-46(3,43)44/h6,8-9,11-12,19-22H,4-5,7,10,13-18H2,1-3H3,(H,35,36)(H,37,41). The van der Waals surface area contributed by atoms with Crippen LogP contribution >= 0.6 is 11.3 Å². The lowest BCUT2D eigenvalue weighted by atomic mass is 9.99. The first kappa shape index (κ1) is 32.0. The van der Waals surface area contributed by atoms with Crippen molar-refractivity contribution in [3.8, 4) is 11.1 Å². The van der Waals surface area contributed by atoms with Crippen LogP contribution in [0.15, 0.2) is 59.7 Å². The lowest BCUT2D eigenvalue weighted by Crippen LogP contribution is -2.47. The number of hydrogen-bond acceptors (Lipinski definition) is 9. The van der Waals surface area contributed by atoms with Crippen molar-refractivity contribution in [2.45, 2.75) is 32.6 Å². The maximum absolute atomic E-state index is 13.2. The average Bonchev–Trinajstić information content (AvgIpc) is 3.48. The van der Waals surface area contributed by atoms with Crippen LogP contribution in [-0.4, -0.2) is 73.5 Å². The molecule has 12 heteroatoms. The number of nitrogens with zero attached hydrogens (tertiary/aromatic N) is 4. The van der Waals surface area contributed by atoms with E-state index < -0.39 is 9.84 Å². The van der Waals surface area contributed by atoms with Crippen LogP contribution in [0.25, 0.3) is 11.1 Å². The van der Waals surface area contributed by atoms with E-state index in [0.29, 0.717) is 18.1 Å². The van der Waals surface area contributed by atoms with Crippen molar-refractivity contribution in [3.05, 3.63) is 86.1 Å². The highest BCUT2D eigenvalue weighted by Gasteiger charge is 2.20. The Morgan fingerprint density at radius 2 is 1.80 bits per heavy atom. The Balaban J connectivity index is 1.14. The number of amides is 1. The molecule has 1 amide bonds. The predicted molar refractivity (Wildman–Crippen MR) is 187 cm³/mol. The van der Waals surface area contributed by atoms with Crippen molar-refractivity contribution < 1.29 is 13.2 Å². The number of thiophene rings is 1. The SMILES string of the molecule is Cc1c(NC(=O)c2cc3c(s2)CCCC3)cccc1-c1cc(Nc2ccc(N3CCN(CCS(C)(=O)=O)CC3)cn2)c(=O)n(C)c1. The molecule has 6 rings (SSSR count). The number of carbonyl (C=O) groups is 1. The molecular formula is C34H40N6O4S2. The Bertz CT molecular complexity index is 1890. The number of benzene rings is 1. The molecule has 2 N–H and O–H groups in total. The monoisotopic (exact) mass is 660 g/mol. The van der Waals surface area contributed by atoms with Crippen LogP contribution in [0.5, 0.6) is 0 Å². The Kier molecular flexibility index (Phi) is 9.30. The van der Waals surface area contributed by atoms with Crippen molar-refractivity contribution in [1.29, 1.82) is 0 Å². The Labute approximate surface area is 274 Å². The van der Waals surface area contributed by atoms with Crippen molar-refractivity contribution in [1.82, 2.24) is 14.5 Å². The molecule has 1 fully saturated rings. The number of carbonyl (C=O) groups excluding carboxylic acids is 1. The lowest BCUT2D eigenvalue weighted by Gasteiger charge is -2.35. The number of rotatable bonds is 9. The second-order valence-corrected chi connectivity index (χ2v) is 15.6. The molecule has 4 aromatic rings. The molecule has 1 aromatic carbocycles. The van der Waals surface area contributed by atoms with Crippen LogP contribution in [0.3, 0.4) is 0 Å². The van der Waals surface area contributed by atoms with Crippen molar-refractivity contribution >= 4 is 50.0 Å². The molecular weight excluding hydrogens is 621 g/mol. The second kappa shape index (κ2) is 13.4. The van der Waals surface area contributed by atoms with E-state index in [2.05, 4.69) is 25.4 Å². The van der Waals surface area contributed by atoms with Gasteiger partial charge in [0.2, 0.25) is 0 Å². The van der Waals surface area contributed by atoms with E-state index in [0.717, 1.165) is 72.0 Å². The molecule has 4 heterocycles. The fourth-order valence-corrected chi connectivity index (χ4v) is 7.87. The summed E-state index contributed by atoms with van der Waals surface area (Å²) in [7, 11) is -1.25. The minimum Gasteiger partial charge on any atom is -0.368 e. The van der Waals surface area contributed by atoms with Gasteiger partial charge >= 0.3 is 0 Å². The molecule has 3 aromatic heterocycles. The maximum Gasteiger partial charge on any atom is 0.274 e. The molecule has 0 unspecified atom stereocenters. The van der Waals surface area contributed by atoms with E-state index in [1.807, 2.05) is 49.4 Å². The average molecular weight is 661 g/mol. The summed E-state index contributed by atoms with van der Waals surface area (Å²) in [6.07, 6.45) is 9.34. The number of aromatic nitrogens is 2. The quantitative estimate of drug-likeness (QED) is 0.262. The Morgan fingerprint density at radius 1 is 1.02 bits per heavy atom. The fraction of sp³-hybridized carbons (Fsp3) is 0.382. The number of sulfone groups is 1. The highest BCUT2D eigenvalue weighted by molar-refractivity contribution is 7.90. The first-order valence-corrected chi connectivity index (χ1v) is 18.5. The normalized spacial score (nSPS) is 15.4. The predicted octanol–water partition coefficient (Wildman–Crippen LogP) is 4.86. The number of fused-ring (bicyclic) bond motifs is 1. The van der Waals surface area contributed by atoms with Crippen LogP contribution in [-0.2, 0) is 29.7 Å². The molecule has 0 spiro atoms. The zero-order valence-corrected chi connectivity index (χ0v) is 28.1. The van der Waals surface area contributed by atoms with Gasteiger partial charge in [-0.05, 0) is 79.6 Å². The highest BCUT2D eigenvalue weighted by atomic mass is 32.2. The molecule has 242 valence electrons. The van der Waals surface area contributed by atoms with Gasteiger partial charge in [0.1, 0.15) is 21.3 Å². The minimum atomic E-state index is -2.97. The van der Waals surface area contributed by atoms with Crippen molar-refractivity contribution in [3.63, 3.8) is 0 Å². The van der Waals surface area contributed by atoms with E-state index in [-0.39, 0.29) is 17.2 Å². The van der Waals surface area contributed by atoms with Crippen LogP contribution in [0.1, 0.15) is 38.5 Å². The van der Waals surface area contributed by atoms with Gasteiger partial charge in [-0.3, -0.25) is 14.5 Å². The van der Waals surface area contributed by atoms with E-state index in [9.17, 15) is 18.0 Å². The van der Waals surface area contributed by atoms with Crippen LogP contribution < -0.4 is 21.1 Å². The van der Waals surface area contributed by atoms with E-state index in [1.165, 1.54) is 29.5 Å². The topological polar surface area (TPSA) is 117 Å². The summed E-state index contributed by atoms with van der Waals surface area (Å²) in [6.45, 7) is 5.69. The van der Waals surface area contributed by atoms with E-state index in [4.69, 9.17) is 0 Å². The lowest BCUT2D eigenvalue weighted by molar-refractivity contribution is 0.103. The molecule has 1 saturated heterocycles. The highest BCUT2D eigenvalue weighted by Crippen LogP contribution is 2.33. The Morgan fingerprint density at radius 3 is 2.52 bits per heavy atom. The number of hydrogen-bond donors (Lipinski definition) is 2. The summed E-state index contributed by atoms with van der Waals surface area (Å²) >= 11 is 1.60. The smallest absolute Gasteiger partial charge is 0.274 e. The van der Waals surface area contributed by atoms with Gasteiger partial charge in [0, 0.05) is 68.4 Å². The number of piperazine rings is 1. The zero-order chi connectivity index (χ0) is 32.4. The van der Waals surface area contributed by atoms with Gasteiger partial charge in [0.15, 0.2) is 0 Å². The minimum absolute atomic E-state index is 0.0918. The van der Waals surface area contributed by atoms with E-state index in [1.54, 1.807) is 35.3 Å². The molecule has 0 saturated carbocycles. The molecule has 0 bridgehead atoms. The largest absolute Gasteiger partial charge is 0.368 e. The number of nitrogens with one attached hydrogen (secondary N) is 2. The van der Waals surface area contributed by atoms with Crippen LogP contribution in [0.2, 0.25) is 0 Å². The molecule has 1 aliphatic carbocycles. The molecule has 1 aliphatic heterocycles. The Hall–Kier alpha value is -4.00. The van der Waals surface area contributed by atoms with Gasteiger partial charge in [0.25, 0.3) is 11.5 Å². The van der Waals surface area contributed by atoms with Crippen molar-refractivity contribution in [2.75, 3.05) is 60.3 Å². The molecule has 0 atom stereocenters. The van der Waals surface area contributed by atoms with Gasteiger partial charge in [-0.1, -0.05) is 12.1 Å². The summed E-state index contributed by atoms with van der Waals surface area (Å²) in [5.41, 5.74) is 5.93. The van der Waals surface area contributed by atoms with Crippen LogP contribution in [0, 0.1) is 6.92 Å². The zero-order valence-electron chi connectivity index (χ0n) is 26.5. The summed E-state index contributed by atoms with van der Waals surface area (Å²) in [6, 6.07) is 13.5. The number of pyridine rings is 2.